The van der Waals surface area contributed by atoms with Crippen LogP contribution in [0.4, 0.5) is 5.69 Å². The van der Waals surface area contributed by atoms with Gasteiger partial charge in [-0.05, 0) is 31.2 Å². The number of hydrogen-bond donors (Lipinski definition) is 0. The van der Waals surface area contributed by atoms with Gasteiger partial charge in [0.25, 0.3) is 5.90 Å². The number of ether oxygens (including phenoxy) is 2. The van der Waals surface area contributed by atoms with Crippen molar-refractivity contribution in [3.63, 3.8) is 0 Å². The molecule has 0 radical (unpaired) electrons. The van der Waals surface area contributed by atoms with Crippen molar-refractivity contribution >= 4 is 29.1 Å². The van der Waals surface area contributed by atoms with Gasteiger partial charge in [-0.1, -0.05) is 30.3 Å². The predicted octanol–water partition coefficient (Wildman–Crippen LogP) is 3.53. The second-order valence-electron chi connectivity index (χ2n) is 5.03. The second-order valence-corrected chi connectivity index (χ2v) is 5.03. The number of esters is 1. The van der Waals surface area contributed by atoms with Crippen molar-refractivity contribution in [1.82, 2.24) is 0 Å². The van der Waals surface area contributed by atoms with E-state index >= 15 is 0 Å². The molecular formula is C19H15NO4. The van der Waals surface area contributed by atoms with Crippen LogP contribution in [-0.4, -0.2) is 24.3 Å². The van der Waals surface area contributed by atoms with Crippen LogP contribution < -0.4 is 0 Å². The number of rotatable bonds is 4. The molecule has 5 heteroatoms. The molecule has 1 heterocycles. The molecule has 0 aliphatic carbocycles. The van der Waals surface area contributed by atoms with E-state index in [-0.39, 0.29) is 11.7 Å². The summed E-state index contributed by atoms with van der Waals surface area (Å²) in [7, 11) is 0. The lowest BCUT2D eigenvalue weighted by atomic mass is 10.2. The summed E-state index contributed by atoms with van der Waals surface area (Å²) in [6, 6.07) is 15.8. The van der Waals surface area contributed by atoms with Crippen LogP contribution in [0.15, 0.2) is 65.7 Å². The molecule has 24 heavy (non-hydrogen) atoms. The van der Waals surface area contributed by atoms with Gasteiger partial charge in [-0.25, -0.2) is 9.79 Å². The van der Waals surface area contributed by atoms with Gasteiger partial charge in [0, 0.05) is 11.6 Å². The van der Waals surface area contributed by atoms with E-state index in [1.807, 2.05) is 30.3 Å². The Hall–Kier alpha value is -3.21. The van der Waals surface area contributed by atoms with E-state index in [1.165, 1.54) is 6.08 Å². The highest BCUT2D eigenvalue weighted by Gasteiger charge is 2.23. The third kappa shape index (κ3) is 3.41. The van der Waals surface area contributed by atoms with E-state index in [9.17, 15) is 9.59 Å². The van der Waals surface area contributed by atoms with Gasteiger partial charge < -0.3 is 9.47 Å². The molecule has 3 rings (SSSR count). The van der Waals surface area contributed by atoms with Crippen LogP contribution in [0.5, 0.6) is 0 Å². The van der Waals surface area contributed by atoms with Gasteiger partial charge >= 0.3 is 5.97 Å². The Morgan fingerprint density at radius 2 is 1.79 bits per heavy atom. The molecule has 0 atom stereocenters. The van der Waals surface area contributed by atoms with Crippen LogP contribution in [-0.2, 0) is 14.3 Å². The maximum Gasteiger partial charge on any atom is 0.338 e. The van der Waals surface area contributed by atoms with Gasteiger partial charge in [0.1, 0.15) is 5.76 Å². The number of ketones is 1. The van der Waals surface area contributed by atoms with E-state index in [1.54, 1.807) is 31.2 Å². The first-order chi connectivity index (χ1) is 11.7. The molecule has 5 nitrogen and oxygen atoms in total. The summed E-state index contributed by atoms with van der Waals surface area (Å²) in [5.74, 6) is -0.193. The van der Waals surface area contributed by atoms with Crippen LogP contribution in [0.2, 0.25) is 0 Å². The average Bonchev–Trinajstić information content (AvgIpc) is 2.97. The van der Waals surface area contributed by atoms with Crippen LogP contribution in [0, 0.1) is 0 Å². The molecule has 0 amide bonds. The molecule has 0 unspecified atom stereocenters. The SMILES string of the molecule is CCOC(=O)c1ccc(N=C2OC(c3ccccc3)=CC2=O)cc1. The molecule has 1 aliphatic rings. The van der Waals surface area contributed by atoms with Crippen molar-refractivity contribution in [2.75, 3.05) is 6.61 Å². The minimum absolute atomic E-state index is 0.0118. The van der Waals surface area contributed by atoms with Gasteiger partial charge in [-0.3, -0.25) is 4.79 Å². The van der Waals surface area contributed by atoms with E-state index in [0.29, 0.717) is 23.6 Å². The van der Waals surface area contributed by atoms with Crippen molar-refractivity contribution in [3.8, 4) is 0 Å². The number of nitrogens with zero attached hydrogens (tertiary/aromatic N) is 1. The number of carbonyl (C=O) groups is 2. The quantitative estimate of drug-likeness (QED) is 0.808. The summed E-state index contributed by atoms with van der Waals surface area (Å²) in [4.78, 5) is 27.8. The Labute approximate surface area is 139 Å². The standard InChI is InChI=1S/C19H15NO4/c1-2-23-19(22)14-8-10-15(11-9-14)20-18-16(21)12-17(24-18)13-6-4-3-5-7-13/h3-12H,2H2,1H3. The highest BCUT2D eigenvalue weighted by Crippen LogP contribution is 2.24. The molecule has 0 bridgehead atoms. The maximum absolute atomic E-state index is 12.0. The lowest BCUT2D eigenvalue weighted by Gasteiger charge is -2.04. The van der Waals surface area contributed by atoms with E-state index in [4.69, 9.17) is 9.47 Å². The first-order valence-corrected chi connectivity index (χ1v) is 7.52. The topological polar surface area (TPSA) is 65.0 Å². The van der Waals surface area contributed by atoms with Gasteiger partial charge in [-0.15, -0.1) is 0 Å². The lowest BCUT2D eigenvalue weighted by molar-refractivity contribution is -0.109. The fourth-order valence-electron chi connectivity index (χ4n) is 2.19. The Morgan fingerprint density at radius 3 is 2.46 bits per heavy atom. The largest absolute Gasteiger partial charge is 0.462 e. The Bertz CT molecular complexity index is 820. The third-order valence-electron chi connectivity index (χ3n) is 3.35. The van der Waals surface area contributed by atoms with Crippen molar-refractivity contribution in [3.05, 3.63) is 71.8 Å². The number of aliphatic imine (C=N–C) groups is 1. The highest BCUT2D eigenvalue weighted by atomic mass is 16.5. The number of benzene rings is 2. The van der Waals surface area contributed by atoms with Crippen LogP contribution in [0.3, 0.4) is 0 Å². The molecular weight excluding hydrogens is 306 g/mol. The zero-order valence-electron chi connectivity index (χ0n) is 13.1. The Balaban J connectivity index is 1.76. The maximum atomic E-state index is 12.0. The van der Waals surface area contributed by atoms with Gasteiger partial charge in [-0.2, -0.15) is 0 Å². The zero-order valence-corrected chi connectivity index (χ0v) is 13.1. The van der Waals surface area contributed by atoms with Crippen molar-refractivity contribution < 1.29 is 19.1 Å². The van der Waals surface area contributed by atoms with Crippen molar-refractivity contribution in [2.24, 2.45) is 4.99 Å². The minimum atomic E-state index is -0.391. The lowest BCUT2D eigenvalue weighted by Crippen LogP contribution is -2.07. The molecule has 0 saturated carbocycles. The molecule has 1 aliphatic heterocycles. The smallest absolute Gasteiger partial charge is 0.338 e. The van der Waals surface area contributed by atoms with Crippen LogP contribution >= 0.6 is 0 Å². The monoisotopic (exact) mass is 321 g/mol. The third-order valence-corrected chi connectivity index (χ3v) is 3.35. The summed E-state index contributed by atoms with van der Waals surface area (Å²) < 4.78 is 10.5. The van der Waals surface area contributed by atoms with Gasteiger partial charge in [0.2, 0.25) is 5.78 Å². The minimum Gasteiger partial charge on any atom is -0.462 e. The summed E-state index contributed by atoms with van der Waals surface area (Å²) in [5, 5.41) is 0. The predicted molar refractivity (Wildman–Crippen MR) is 90.0 cm³/mol. The van der Waals surface area contributed by atoms with Crippen molar-refractivity contribution in [2.45, 2.75) is 6.92 Å². The fraction of sp³-hybridized carbons (Fsp3) is 0.105. The fourth-order valence-corrected chi connectivity index (χ4v) is 2.19. The zero-order chi connectivity index (χ0) is 16.9. The van der Waals surface area contributed by atoms with Crippen LogP contribution in [0.25, 0.3) is 5.76 Å². The molecule has 0 N–H and O–H groups in total. The van der Waals surface area contributed by atoms with Gasteiger partial charge in [0.05, 0.1) is 17.9 Å². The highest BCUT2D eigenvalue weighted by molar-refractivity contribution is 6.45. The molecule has 0 saturated heterocycles. The van der Waals surface area contributed by atoms with E-state index in [0.717, 1.165) is 5.56 Å². The summed E-state index contributed by atoms with van der Waals surface area (Å²) in [6.45, 7) is 2.07. The molecule has 2 aromatic rings. The molecule has 0 fully saturated rings. The van der Waals surface area contributed by atoms with Gasteiger partial charge in [0.15, 0.2) is 0 Å². The normalized spacial score (nSPS) is 15.1. The summed E-state index contributed by atoms with van der Waals surface area (Å²) in [5.41, 5.74) is 1.77. The van der Waals surface area contributed by atoms with E-state index < -0.39 is 5.97 Å². The number of hydrogen-bond acceptors (Lipinski definition) is 5. The van der Waals surface area contributed by atoms with E-state index in [2.05, 4.69) is 4.99 Å². The summed E-state index contributed by atoms with van der Waals surface area (Å²) >= 11 is 0. The summed E-state index contributed by atoms with van der Waals surface area (Å²) in [6.07, 6.45) is 1.42. The second kappa shape index (κ2) is 6.91. The first-order valence-electron chi connectivity index (χ1n) is 7.52. The molecule has 0 spiro atoms. The Morgan fingerprint density at radius 1 is 1.08 bits per heavy atom. The molecule has 2 aromatic carbocycles. The molecule has 0 aromatic heterocycles. The van der Waals surface area contributed by atoms with Crippen LogP contribution in [0.1, 0.15) is 22.8 Å². The molecule has 120 valence electrons. The first kappa shape index (κ1) is 15.7. The number of carbonyl (C=O) groups excluding carboxylic acids is 2. The average molecular weight is 321 g/mol. The van der Waals surface area contributed by atoms with Crippen molar-refractivity contribution in [1.29, 1.82) is 0 Å². The Kier molecular flexibility index (Phi) is 4.52.